The van der Waals surface area contributed by atoms with E-state index >= 15 is 0 Å². The lowest BCUT2D eigenvalue weighted by Gasteiger charge is -2.22. The Bertz CT molecular complexity index is 796. The Morgan fingerprint density at radius 1 is 1.04 bits per heavy atom. The molecule has 3 amide bonds. The number of anilines is 1. The minimum atomic E-state index is -0.746. The molecule has 2 rings (SSSR count). The fourth-order valence-corrected chi connectivity index (χ4v) is 2.69. The number of likely N-dealkylation sites (N-methyl/N-ethyl adjacent to an activating group) is 1. The van der Waals surface area contributed by atoms with Gasteiger partial charge in [0.25, 0.3) is 5.91 Å². The van der Waals surface area contributed by atoms with Crippen molar-refractivity contribution >= 4 is 39.3 Å². The zero-order chi connectivity index (χ0) is 19.1. The minimum absolute atomic E-state index is 0.119. The van der Waals surface area contributed by atoms with Crippen molar-refractivity contribution in [1.29, 1.82) is 0 Å². The molecule has 0 saturated carbocycles. The summed E-state index contributed by atoms with van der Waals surface area (Å²) in [5.74, 6) is -1.01. The number of carbonyl (C=O) groups is 3. The molecule has 0 aromatic heterocycles. The van der Waals surface area contributed by atoms with E-state index in [1.54, 1.807) is 43.3 Å². The molecular weight excluding hydrogens is 398 g/mol. The quantitative estimate of drug-likeness (QED) is 0.757. The van der Waals surface area contributed by atoms with Crippen molar-refractivity contribution in [3.05, 3.63) is 64.6 Å². The van der Waals surface area contributed by atoms with E-state index < -0.39 is 6.04 Å². The summed E-state index contributed by atoms with van der Waals surface area (Å²) in [6.07, 6.45) is 0. The van der Waals surface area contributed by atoms with Gasteiger partial charge < -0.3 is 15.5 Å². The summed E-state index contributed by atoms with van der Waals surface area (Å²) in [7, 11) is 1.52. The molecule has 1 unspecified atom stereocenters. The maximum atomic E-state index is 12.4. The van der Waals surface area contributed by atoms with Crippen LogP contribution in [0.5, 0.6) is 0 Å². The number of nitrogens with one attached hydrogen (secondary N) is 2. The van der Waals surface area contributed by atoms with Crippen molar-refractivity contribution in [2.45, 2.75) is 13.0 Å². The third-order valence-electron chi connectivity index (χ3n) is 3.66. The maximum Gasteiger partial charge on any atom is 0.251 e. The molecule has 2 N–H and O–H groups in total. The average Bonchev–Trinajstić information content (AvgIpc) is 2.63. The molecule has 2 aromatic carbocycles. The first-order chi connectivity index (χ1) is 12.4. The summed E-state index contributed by atoms with van der Waals surface area (Å²) in [5.41, 5.74) is 1.10. The van der Waals surface area contributed by atoms with Crippen LogP contribution < -0.4 is 10.6 Å². The van der Waals surface area contributed by atoms with Crippen LogP contribution in [-0.2, 0) is 9.59 Å². The van der Waals surface area contributed by atoms with E-state index in [2.05, 4.69) is 26.6 Å². The molecule has 0 aliphatic carbocycles. The first-order valence-corrected chi connectivity index (χ1v) is 8.83. The zero-order valence-corrected chi connectivity index (χ0v) is 16.1. The van der Waals surface area contributed by atoms with Gasteiger partial charge in [-0.2, -0.15) is 0 Å². The molecule has 0 saturated heterocycles. The number of hydrogen-bond donors (Lipinski definition) is 2. The Labute approximate surface area is 160 Å². The predicted molar refractivity (Wildman–Crippen MR) is 104 cm³/mol. The smallest absolute Gasteiger partial charge is 0.251 e. The SMILES string of the molecule is CC(NC(=O)c1ccccc1)C(=O)N(C)CC(=O)Nc1ccccc1Br. The molecule has 0 spiro atoms. The lowest BCUT2D eigenvalue weighted by atomic mass is 10.2. The van der Waals surface area contributed by atoms with Crippen molar-refractivity contribution in [3.8, 4) is 0 Å². The zero-order valence-electron chi connectivity index (χ0n) is 14.5. The standard InChI is InChI=1S/C19H20BrN3O3/c1-13(21-18(25)14-8-4-3-5-9-14)19(26)23(2)12-17(24)22-16-11-7-6-10-15(16)20/h3-11,13H,12H2,1-2H3,(H,21,25)(H,22,24). The van der Waals surface area contributed by atoms with Crippen LogP contribution in [0.25, 0.3) is 0 Å². The number of carbonyl (C=O) groups excluding carboxylic acids is 3. The summed E-state index contributed by atoms with van der Waals surface area (Å²) in [6, 6.07) is 15.1. The van der Waals surface area contributed by atoms with Crippen molar-refractivity contribution in [3.63, 3.8) is 0 Å². The van der Waals surface area contributed by atoms with Crippen molar-refractivity contribution in [2.75, 3.05) is 18.9 Å². The highest BCUT2D eigenvalue weighted by molar-refractivity contribution is 9.10. The first kappa shape index (κ1) is 19.7. The van der Waals surface area contributed by atoms with Gasteiger partial charge in [-0.25, -0.2) is 0 Å². The molecule has 7 heteroatoms. The molecular formula is C19H20BrN3O3. The van der Waals surface area contributed by atoms with Gasteiger partial charge in [0, 0.05) is 17.1 Å². The fourth-order valence-electron chi connectivity index (χ4n) is 2.31. The molecule has 6 nitrogen and oxygen atoms in total. The van der Waals surface area contributed by atoms with Gasteiger partial charge in [0.15, 0.2) is 0 Å². The van der Waals surface area contributed by atoms with E-state index in [-0.39, 0.29) is 24.3 Å². The Hall–Kier alpha value is -2.67. The lowest BCUT2D eigenvalue weighted by molar-refractivity contribution is -0.134. The number of halogens is 1. The Kier molecular flexibility index (Phi) is 6.91. The van der Waals surface area contributed by atoms with E-state index in [0.29, 0.717) is 11.3 Å². The molecule has 136 valence electrons. The van der Waals surface area contributed by atoms with Gasteiger partial charge >= 0.3 is 0 Å². The number of benzene rings is 2. The average molecular weight is 418 g/mol. The largest absolute Gasteiger partial charge is 0.341 e. The number of amides is 3. The summed E-state index contributed by atoms with van der Waals surface area (Å²) >= 11 is 3.35. The molecule has 0 heterocycles. The predicted octanol–water partition coefficient (Wildman–Crippen LogP) is 2.66. The van der Waals surface area contributed by atoms with E-state index in [9.17, 15) is 14.4 Å². The van der Waals surface area contributed by atoms with Crippen molar-refractivity contribution in [2.24, 2.45) is 0 Å². The lowest BCUT2D eigenvalue weighted by Crippen LogP contribution is -2.47. The molecule has 26 heavy (non-hydrogen) atoms. The number of para-hydroxylation sites is 1. The summed E-state index contributed by atoms with van der Waals surface area (Å²) < 4.78 is 0.755. The van der Waals surface area contributed by atoms with Crippen LogP contribution in [0, 0.1) is 0 Å². The second-order valence-electron chi connectivity index (χ2n) is 5.78. The van der Waals surface area contributed by atoms with Crippen molar-refractivity contribution < 1.29 is 14.4 Å². The van der Waals surface area contributed by atoms with Gasteiger partial charge in [-0.15, -0.1) is 0 Å². The van der Waals surface area contributed by atoms with Crippen LogP contribution in [-0.4, -0.2) is 42.3 Å². The van der Waals surface area contributed by atoms with Gasteiger partial charge in [-0.05, 0) is 47.1 Å². The maximum absolute atomic E-state index is 12.4. The highest BCUT2D eigenvalue weighted by Gasteiger charge is 2.21. The molecule has 0 fully saturated rings. The molecule has 2 aromatic rings. The van der Waals surface area contributed by atoms with Gasteiger partial charge in [-0.1, -0.05) is 30.3 Å². The van der Waals surface area contributed by atoms with E-state index in [1.807, 2.05) is 18.2 Å². The van der Waals surface area contributed by atoms with Gasteiger partial charge in [-0.3, -0.25) is 14.4 Å². The normalized spacial score (nSPS) is 11.3. The highest BCUT2D eigenvalue weighted by atomic mass is 79.9. The first-order valence-electron chi connectivity index (χ1n) is 8.03. The Morgan fingerprint density at radius 3 is 2.31 bits per heavy atom. The second kappa shape index (κ2) is 9.15. The van der Waals surface area contributed by atoms with Gasteiger partial charge in [0.1, 0.15) is 6.04 Å². The molecule has 0 aliphatic rings. The molecule has 1 atom stereocenters. The van der Waals surface area contributed by atoms with Crippen LogP contribution in [0.4, 0.5) is 5.69 Å². The van der Waals surface area contributed by atoms with Gasteiger partial charge in [0.2, 0.25) is 11.8 Å². The van der Waals surface area contributed by atoms with Crippen LogP contribution in [0.15, 0.2) is 59.1 Å². The minimum Gasteiger partial charge on any atom is -0.341 e. The summed E-state index contributed by atoms with van der Waals surface area (Å²) in [4.78, 5) is 37.9. The number of hydrogen-bond acceptors (Lipinski definition) is 3. The molecule has 0 aliphatic heterocycles. The van der Waals surface area contributed by atoms with Crippen LogP contribution in [0.2, 0.25) is 0 Å². The second-order valence-corrected chi connectivity index (χ2v) is 6.64. The van der Waals surface area contributed by atoms with E-state index in [1.165, 1.54) is 11.9 Å². The Balaban J connectivity index is 1.89. The third-order valence-corrected chi connectivity index (χ3v) is 4.35. The number of rotatable bonds is 6. The van der Waals surface area contributed by atoms with Crippen LogP contribution in [0.3, 0.4) is 0 Å². The molecule has 0 bridgehead atoms. The Morgan fingerprint density at radius 2 is 1.65 bits per heavy atom. The topological polar surface area (TPSA) is 78.5 Å². The van der Waals surface area contributed by atoms with Crippen LogP contribution >= 0.6 is 15.9 Å². The van der Waals surface area contributed by atoms with Crippen LogP contribution in [0.1, 0.15) is 17.3 Å². The number of nitrogens with zero attached hydrogens (tertiary/aromatic N) is 1. The summed E-state index contributed by atoms with van der Waals surface area (Å²) in [6.45, 7) is 1.47. The van der Waals surface area contributed by atoms with E-state index in [4.69, 9.17) is 0 Å². The van der Waals surface area contributed by atoms with E-state index in [0.717, 1.165) is 4.47 Å². The molecule has 0 radical (unpaired) electrons. The van der Waals surface area contributed by atoms with Crippen molar-refractivity contribution in [1.82, 2.24) is 10.2 Å². The van der Waals surface area contributed by atoms with Gasteiger partial charge in [0.05, 0.1) is 12.2 Å². The third kappa shape index (κ3) is 5.42. The monoisotopic (exact) mass is 417 g/mol. The fraction of sp³-hybridized carbons (Fsp3) is 0.211. The highest BCUT2D eigenvalue weighted by Crippen LogP contribution is 2.20. The summed E-state index contributed by atoms with van der Waals surface area (Å²) in [5, 5.41) is 5.37.